The highest BCUT2D eigenvalue weighted by Crippen LogP contribution is 2.48. The van der Waals surface area contributed by atoms with E-state index in [1.807, 2.05) is 35.2 Å². The van der Waals surface area contributed by atoms with Gasteiger partial charge in [0.1, 0.15) is 0 Å². The third-order valence-electron chi connectivity index (χ3n) is 4.49. The fourth-order valence-electron chi connectivity index (χ4n) is 3.58. The molecule has 3 rings (SSSR count). The second-order valence-electron chi connectivity index (χ2n) is 6.34. The topological polar surface area (TPSA) is 66.5 Å². The summed E-state index contributed by atoms with van der Waals surface area (Å²) in [6.07, 6.45) is 3.82. The molecule has 0 unspecified atom stereocenters. The molecule has 1 aliphatic carbocycles. The van der Waals surface area contributed by atoms with Crippen LogP contribution in [0.15, 0.2) is 30.3 Å². The Hall–Kier alpha value is -1.40. The average Bonchev–Trinajstić information content (AvgIpc) is 2.82. The van der Waals surface area contributed by atoms with Crippen molar-refractivity contribution in [3.63, 3.8) is 0 Å². The largest absolute Gasteiger partial charge is 0.338 e. The van der Waals surface area contributed by atoms with Crippen LogP contribution in [0, 0.1) is 5.41 Å². The minimum atomic E-state index is -3.13. The molecule has 1 N–H and O–H groups in total. The van der Waals surface area contributed by atoms with Crippen molar-refractivity contribution in [3.8, 4) is 0 Å². The maximum Gasteiger partial charge on any atom is 0.253 e. The number of hydrogen-bond donors (Lipinski definition) is 1. The molecule has 0 aromatic heterocycles. The summed E-state index contributed by atoms with van der Waals surface area (Å²) in [6.45, 7) is 1.50. The Bertz CT molecular complexity index is 636. The van der Waals surface area contributed by atoms with Gasteiger partial charge in [-0.3, -0.25) is 4.79 Å². The zero-order valence-electron chi connectivity index (χ0n) is 12.1. The van der Waals surface area contributed by atoms with Crippen LogP contribution in [0.1, 0.15) is 29.6 Å². The molecule has 0 bridgehead atoms. The lowest BCUT2D eigenvalue weighted by atomic mass is 9.65. The zero-order valence-corrected chi connectivity index (χ0v) is 12.9. The van der Waals surface area contributed by atoms with Crippen LogP contribution in [0.25, 0.3) is 0 Å². The number of likely N-dealkylation sites (tertiary alicyclic amines) is 1. The molecule has 1 saturated heterocycles. The van der Waals surface area contributed by atoms with Crippen molar-refractivity contribution in [3.05, 3.63) is 35.9 Å². The third-order valence-corrected chi connectivity index (χ3v) is 5.25. The Kier molecular flexibility index (Phi) is 3.53. The van der Waals surface area contributed by atoms with Gasteiger partial charge >= 0.3 is 0 Å². The predicted octanol–water partition coefficient (Wildman–Crippen LogP) is 1.23. The van der Waals surface area contributed by atoms with Crippen LogP contribution in [0.4, 0.5) is 0 Å². The van der Waals surface area contributed by atoms with Crippen LogP contribution in [-0.2, 0) is 10.0 Å². The molecule has 1 aromatic carbocycles. The molecule has 0 radical (unpaired) electrons. The highest BCUT2D eigenvalue weighted by molar-refractivity contribution is 7.88. The molecular weight excluding hydrogens is 288 g/mol. The summed E-state index contributed by atoms with van der Waals surface area (Å²) in [5, 5.41) is 0. The van der Waals surface area contributed by atoms with Crippen LogP contribution in [0.2, 0.25) is 0 Å². The molecule has 1 aromatic rings. The van der Waals surface area contributed by atoms with Crippen molar-refractivity contribution in [1.82, 2.24) is 9.62 Å². The van der Waals surface area contributed by atoms with Crippen molar-refractivity contribution in [2.75, 3.05) is 19.3 Å². The predicted molar refractivity (Wildman–Crippen MR) is 80.4 cm³/mol. The lowest BCUT2D eigenvalue weighted by Crippen LogP contribution is -2.51. The van der Waals surface area contributed by atoms with Crippen molar-refractivity contribution in [2.24, 2.45) is 5.41 Å². The van der Waals surface area contributed by atoms with Crippen LogP contribution in [0.5, 0.6) is 0 Å². The summed E-state index contributed by atoms with van der Waals surface area (Å²) >= 11 is 0. The molecule has 0 atom stereocenters. The van der Waals surface area contributed by atoms with Gasteiger partial charge in [-0.05, 0) is 36.8 Å². The lowest BCUT2D eigenvalue weighted by molar-refractivity contribution is 0.0688. The molecule has 1 saturated carbocycles. The Morgan fingerprint density at radius 2 is 1.95 bits per heavy atom. The molecule has 6 heteroatoms. The summed E-state index contributed by atoms with van der Waals surface area (Å²) < 4.78 is 25.1. The van der Waals surface area contributed by atoms with Crippen LogP contribution < -0.4 is 4.72 Å². The number of benzene rings is 1. The van der Waals surface area contributed by atoms with Gasteiger partial charge in [0.2, 0.25) is 10.0 Å². The number of carbonyl (C=O) groups is 1. The Morgan fingerprint density at radius 1 is 1.29 bits per heavy atom. The maximum absolute atomic E-state index is 12.4. The number of sulfonamides is 1. The second-order valence-corrected chi connectivity index (χ2v) is 8.12. The first-order chi connectivity index (χ1) is 9.87. The maximum atomic E-state index is 12.4. The van der Waals surface area contributed by atoms with E-state index >= 15 is 0 Å². The molecule has 2 aliphatic rings. The van der Waals surface area contributed by atoms with Gasteiger partial charge in [0, 0.05) is 24.7 Å². The van der Waals surface area contributed by atoms with E-state index in [9.17, 15) is 13.2 Å². The molecular formula is C15H20N2O3S. The van der Waals surface area contributed by atoms with Gasteiger partial charge in [-0.2, -0.15) is 0 Å². The van der Waals surface area contributed by atoms with Gasteiger partial charge in [0.25, 0.3) is 5.91 Å². The van der Waals surface area contributed by atoms with E-state index in [-0.39, 0.29) is 17.4 Å². The van der Waals surface area contributed by atoms with Crippen LogP contribution >= 0.6 is 0 Å². The SMILES string of the molecule is CS(=O)(=O)NC1CC2(CCN(C(=O)c3ccccc3)C2)C1. The van der Waals surface area contributed by atoms with Crippen molar-refractivity contribution in [2.45, 2.75) is 25.3 Å². The van der Waals surface area contributed by atoms with Gasteiger partial charge in [0.15, 0.2) is 0 Å². The molecule has 114 valence electrons. The van der Waals surface area contributed by atoms with E-state index in [4.69, 9.17) is 0 Å². The molecule has 1 spiro atoms. The first-order valence-electron chi connectivity index (χ1n) is 7.19. The summed E-state index contributed by atoms with van der Waals surface area (Å²) in [5.41, 5.74) is 0.840. The lowest BCUT2D eigenvalue weighted by Gasteiger charge is -2.45. The van der Waals surface area contributed by atoms with Gasteiger partial charge in [-0.15, -0.1) is 0 Å². The number of hydrogen-bond acceptors (Lipinski definition) is 3. The van der Waals surface area contributed by atoms with Crippen LogP contribution in [0.3, 0.4) is 0 Å². The fourth-order valence-corrected chi connectivity index (χ4v) is 4.35. The monoisotopic (exact) mass is 308 g/mol. The summed E-state index contributed by atoms with van der Waals surface area (Å²) in [5.74, 6) is 0.0759. The average molecular weight is 308 g/mol. The van der Waals surface area contributed by atoms with Gasteiger partial charge in [-0.25, -0.2) is 13.1 Å². The van der Waals surface area contributed by atoms with E-state index < -0.39 is 10.0 Å². The van der Waals surface area contributed by atoms with E-state index in [1.54, 1.807) is 0 Å². The van der Waals surface area contributed by atoms with Gasteiger partial charge in [0.05, 0.1) is 6.26 Å². The Labute approximate surface area is 125 Å². The number of amides is 1. The first-order valence-corrected chi connectivity index (χ1v) is 9.08. The van der Waals surface area contributed by atoms with Crippen molar-refractivity contribution in [1.29, 1.82) is 0 Å². The van der Waals surface area contributed by atoms with E-state index in [0.29, 0.717) is 0 Å². The quantitative estimate of drug-likeness (QED) is 0.913. The van der Waals surface area contributed by atoms with Crippen molar-refractivity contribution >= 4 is 15.9 Å². The normalized spacial score (nSPS) is 28.6. The van der Waals surface area contributed by atoms with E-state index in [2.05, 4.69) is 4.72 Å². The third kappa shape index (κ3) is 3.11. The standard InChI is InChI=1S/C15H20N2O3S/c1-21(19,20)16-13-9-15(10-13)7-8-17(11-15)14(18)12-5-3-2-4-6-12/h2-6,13,16H,7-11H2,1H3. The number of nitrogens with one attached hydrogen (secondary N) is 1. The number of nitrogens with zero attached hydrogens (tertiary/aromatic N) is 1. The molecule has 2 fully saturated rings. The van der Waals surface area contributed by atoms with Crippen LogP contribution in [-0.4, -0.2) is 44.6 Å². The second kappa shape index (κ2) is 5.10. The molecule has 21 heavy (non-hydrogen) atoms. The molecule has 1 heterocycles. The highest BCUT2D eigenvalue weighted by atomic mass is 32.2. The molecule has 1 aliphatic heterocycles. The summed E-state index contributed by atoms with van der Waals surface area (Å²) in [7, 11) is -3.13. The number of rotatable bonds is 3. The van der Waals surface area contributed by atoms with Gasteiger partial charge in [-0.1, -0.05) is 18.2 Å². The number of carbonyl (C=O) groups excluding carboxylic acids is 1. The molecule has 1 amide bonds. The Morgan fingerprint density at radius 3 is 2.57 bits per heavy atom. The Balaban J connectivity index is 1.59. The summed E-state index contributed by atoms with van der Waals surface area (Å²) in [4.78, 5) is 14.3. The zero-order chi connectivity index (χ0) is 15.1. The minimum absolute atomic E-state index is 0.0341. The first kappa shape index (κ1) is 14.5. The van der Waals surface area contributed by atoms with Gasteiger partial charge < -0.3 is 4.90 Å². The van der Waals surface area contributed by atoms with E-state index in [0.717, 1.165) is 37.9 Å². The fraction of sp³-hybridized carbons (Fsp3) is 0.533. The highest BCUT2D eigenvalue weighted by Gasteiger charge is 2.50. The van der Waals surface area contributed by atoms with Crippen molar-refractivity contribution < 1.29 is 13.2 Å². The van der Waals surface area contributed by atoms with E-state index in [1.165, 1.54) is 6.26 Å². The smallest absolute Gasteiger partial charge is 0.253 e. The molecule has 5 nitrogen and oxygen atoms in total. The summed E-state index contributed by atoms with van der Waals surface area (Å²) in [6, 6.07) is 9.34. The minimum Gasteiger partial charge on any atom is -0.338 e.